The van der Waals surface area contributed by atoms with Crippen molar-refractivity contribution in [2.45, 2.75) is 31.7 Å². The summed E-state index contributed by atoms with van der Waals surface area (Å²) in [5.41, 5.74) is -3.61. The predicted octanol–water partition coefficient (Wildman–Crippen LogP) is 5.20. The molecule has 1 unspecified atom stereocenters. The van der Waals surface area contributed by atoms with Crippen LogP contribution in [0.15, 0.2) is 30.5 Å². The van der Waals surface area contributed by atoms with Gasteiger partial charge in [0, 0.05) is 6.20 Å². The molecule has 0 fully saturated rings. The SMILES string of the molecule is CC(O)(c1cc(Cl)c(NC(=O)NCc2ccc(C(F)(F)F)cn2)c(Cl)c1)C(F)F. The van der Waals surface area contributed by atoms with Crippen LogP contribution in [0.2, 0.25) is 10.0 Å². The molecule has 0 spiro atoms. The molecule has 0 aliphatic rings. The lowest BCUT2D eigenvalue weighted by Crippen LogP contribution is -2.31. The lowest BCUT2D eigenvalue weighted by Gasteiger charge is -2.24. The molecule has 12 heteroatoms. The van der Waals surface area contributed by atoms with Crippen molar-refractivity contribution in [1.82, 2.24) is 10.3 Å². The smallest absolute Gasteiger partial charge is 0.379 e. The number of nitrogens with one attached hydrogen (secondary N) is 2. The third-order valence-corrected chi connectivity index (χ3v) is 4.47. The Labute approximate surface area is 171 Å². The van der Waals surface area contributed by atoms with E-state index in [9.17, 15) is 31.9 Å². The van der Waals surface area contributed by atoms with Crippen LogP contribution in [-0.2, 0) is 18.3 Å². The molecule has 2 amide bonds. The molecule has 1 aromatic carbocycles. The number of carbonyl (C=O) groups excluding carboxylic acids is 1. The summed E-state index contributed by atoms with van der Waals surface area (Å²) in [6.07, 6.45) is -6.99. The maximum Gasteiger partial charge on any atom is 0.417 e. The molecule has 3 N–H and O–H groups in total. The van der Waals surface area contributed by atoms with Gasteiger partial charge >= 0.3 is 12.2 Å². The number of urea groups is 1. The van der Waals surface area contributed by atoms with Gasteiger partial charge in [-0.3, -0.25) is 4.98 Å². The Morgan fingerprint density at radius 3 is 2.21 bits per heavy atom. The second-order valence-corrected chi connectivity index (χ2v) is 6.92. The van der Waals surface area contributed by atoms with E-state index < -0.39 is 29.8 Å². The molecule has 1 aromatic heterocycles. The van der Waals surface area contributed by atoms with Gasteiger partial charge in [-0.1, -0.05) is 23.2 Å². The second-order valence-electron chi connectivity index (χ2n) is 6.11. The van der Waals surface area contributed by atoms with Crippen molar-refractivity contribution in [3.63, 3.8) is 0 Å². The monoisotopic (exact) mass is 457 g/mol. The van der Waals surface area contributed by atoms with E-state index in [1.165, 1.54) is 0 Å². The zero-order chi connectivity index (χ0) is 22.0. The number of nitrogens with zero attached hydrogens (tertiary/aromatic N) is 1. The highest BCUT2D eigenvalue weighted by molar-refractivity contribution is 6.39. The van der Waals surface area contributed by atoms with Crippen molar-refractivity contribution in [1.29, 1.82) is 0 Å². The van der Waals surface area contributed by atoms with Gasteiger partial charge in [0.2, 0.25) is 0 Å². The van der Waals surface area contributed by atoms with Gasteiger partial charge in [-0.2, -0.15) is 13.2 Å². The summed E-state index contributed by atoms with van der Waals surface area (Å²) in [5.74, 6) is 0. The van der Waals surface area contributed by atoms with Crippen LogP contribution in [0.4, 0.5) is 32.4 Å². The van der Waals surface area contributed by atoms with Gasteiger partial charge in [0.25, 0.3) is 6.43 Å². The summed E-state index contributed by atoms with van der Waals surface area (Å²) in [6, 6.07) is 3.18. The fourth-order valence-electron chi connectivity index (χ4n) is 2.14. The summed E-state index contributed by atoms with van der Waals surface area (Å²) in [4.78, 5) is 15.6. The van der Waals surface area contributed by atoms with Crippen molar-refractivity contribution >= 4 is 34.9 Å². The Bertz CT molecular complexity index is 867. The van der Waals surface area contributed by atoms with E-state index >= 15 is 0 Å². The first-order valence-corrected chi connectivity index (χ1v) is 8.65. The quantitative estimate of drug-likeness (QED) is 0.540. The maximum absolute atomic E-state index is 12.9. The summed E-state index contributed by atoms with van der Waals surface area (Å²) in [5, 5.41) is 14.1. The van der Waals surface area contributed by atoms with E-state index in [1.807, 2.05) is 0 Å². The largest absolute Gasteiger partial charge is 0.417 e. The Morgan fingerprint density at radius 1 is 1.17 bits per heavy atom. The molecule has 1 atom stereocenters. The topological polar surface area (TPSA) is 74.2 Å². The molecular formula is C17H14Cl2F5N3O2. The van der Waals surface area contributed by atoms with E-state index in [0.29, 0.717) is 6.20 Å². The van der Waals surface area contributed by atoms with Crippen LogP contribution in [0.25, 0.3) is 0 Å². The number of aliphatic hydroxyl groups is 1. The van der Waals surface area contributed by atoms with Crippen LogP contribution >= 0.6 is 23.2 Å². The molecule has 158 valence electrons. The third-order valence-electron chi connectivity index (χ3n) is 3.87. The van der Waals surface area contributed by atoms with Crippen molar-refractivity contribution in [3.05, 3.63) is 57.3 Å². The van der Waals surface area contributed by atoms with E-state index in [0.717, 1.165) is 31.2 Å². The van der Waals surface area contributed by atoms with E-state index in [4.69, 9.17) is 23.2 Å². The number of pyridine rings is 1. The van der Waals surface area contributed by atoms with E-state index in [1.54, 1.807) is 0 Å². The fourth-order valence-corrected chi connectivity index (χ4v) is 2.72. The average Bonchev–Trinajstić information content (AvgIpc) is 2.62. The third kappa shape index (κ3) is 5.68. The Hall–Kier alpha value is -2.17. The van der Waals surface area contributed by atoms with E-state index in [-0.39, 0.29) is 33.5 Å². The number of halogens is 7. The summed E-state index contributed by atoms with van der Waals surface area (Å²) < 4.78 is 63.4. The molecule has 0 bridgehead atoms. The minimum atomic E-state index is -4.52. The number of alkyl halides is 5. The Kier molecular flexibility index (Phi) is 6.92. The average molecular weight is 458 g/mol. The fraction of sp³-hybridized carbons (Fsp3) is 0.294. The lowest BCUT2D eigenvalue weighted by molar-refractivity contribution is -0.137. The minimum absolute atomic E-state index is 0.0972. The highest BCUT2D eigenvalue weighted by Gasteiger charge is 2.35. The van der Waals surface area contributed by atoms with Gasteiger partial charge in [-0.15, -0.1) is 0 Å². The molecular weight excluding hydrogens is 444 g/mol. The summed E-state index contributed by atoms with van der Waals surface area (Å²) in [6.45, 7) is 0.688. The van der Waals surface area contributed by atoms with Gasteiger partial charge in [0.05, 0.1) is 33.5 Å². The van der Waals surface area contributed by atoms with Crippen LogP contribution in [0.5, 0.6) is 0 Å². The van der Waals surface area contributed by atoms with E-state index in [2.05, 4.69) is 15.6 Å². The number of amides is 2. The molecule has 5 nitrogen and oxygen atoms in total. The Balaban J connectivity index is 2.05. The molecule has 2 aromatic rings. The highest BCUT2D eigenvalue weighted by atomic mass is 35.5. The molecule has 29 heavy (non-hydrogen) atoms. The van der Waals surface area contributed by atoms with Crippen LogP contribution in [0.1, 0.15) is 23.7 Å². The first kappa shape index (κ1) is 23.1. The zero-order valence-electron chi connectivity index (χ0n) is 14.6. The molecule has 0 saturated heterocycles. The maximum atomic E-state index is 12.9. The van der Waals surface area contributed by atoms with Crippen LogP contribution in [-0.4, -0.2) is 22.5 Å². The normalized spacial score (nSPS) is 13.9. The van der Waals surface area contributed by atoms with Crippen LogP contribution in [0.3, 0.4) is 0 Å². The van der Waals surface area contributed by atoms with Crippen LogP contribution in [0, 0.1) is 0 Å². The number of benzene rings is 1. The molecule has 0 aliphatic heterocycles. The number of carbonyl (C=O) groups is 1. The molecule has 0 aliphatic carbocycles. The van der Waals surface area contributed by atoms with Crippen molar-refractivity contribution in [3.8, 4) is 0 Å². The van der Waals surface area contributed by atoms with Crippen molar-refractivity contribution in [2.75, 3.05) is 5.32 Å². The van der Waals surface area contributed by atoms with Crippen molar-refractivity contribution < 1.29 is 31.9 Å². The molecule has 1 heterocycles. The van der Waals surface area contributed by atoms with Crippen LogP contribution < -0.4 is 10.6 Å². The predicted molar refractivity (Wildman–Crippen MR) is 97.1 cm³/mol. The van der Waals surface area contributed by atoms with Gasteiger partial charge in [0.15, 0.2) is 0 Å². The summed E-state index contributed by atoms with van der Waals surface area (Å²) >= 11 is 11.9. The molecule has 0 saturated carbocycles. The minimum Gasteiger partial charge on any atom is -0.379 e. The van der Waals surface area contributed by atoms with Gasteiger partial charge in [-0.05, 0) is 36.8 Å². The first-order valence-electron chi connectivity index (χ1n) is 7.89. The number of hydrogen-bond donors (Lipinski definition) is 3. The standard InChI is InChI=1S/C17H14Cl2F5N3O2/c1-16(29,14(20)21)9-4-11(18)13(12(19)5-9)27-15(28)26-7-10-3-2-8(6-25-10)17(22,23)24/h2-6,14,29H,7H2,1H3,(H2,26,27,28). The number of anilines is 1. The first-order chi connectivity index (χ1) is 13.3. The zero-order valence-corrected chi connectivity index (χ0v) is 16.1. The van der Waals surface area contributed by atoms with Gasteiger partial charge < -0.3 is 15.7 Å². The highest BCUT2D eigenvalue weighted by Crippen LogP contribution is 2.37. The number of rotatable bonds is 5. The number of hydrogen-bond acceptors (Lipinski definition) is 3. The molecule has 0 radical (unpaired) electrons. The van der Waals surface area contributed by atoms with Gasteiger partial charge in [-0.25, -0.2) is 13.6 Å². The summed E-state index contributed by atoms with van der Waals surface area (Å²) in [7, 11) is 0. The molecule has 2 rings (SSSR count). The Morgan fingerprint density at radius 2 is 1.76 bits per heavy atom. The van der Waals surface area contributed by atoms with Gasteiger partial charge in [0.1, 0.15) is 5.60 Å². The van der Waals surface area contributed by atoms with Crippen molar-refractivity contribution in [2.24, 2.45) is 0 Å². The number of aromatic nitrogens is 1. The lowest BCUT2D eigenvalue weighted by atomic mass is 9.96. The second kappa shape index (κ2) is 8.68.